The van der Waals surface area contributed by atoms with E-state index in [4.69, 9.17) is 0 Å². The van der Waals surface area contributed by atoms with Crippen LogP contribution in [0.25, 0.3) is 11.1 Å². The molecule has 0 fully saturated rings. The predicted octanol–water partition coefficient (Wildman–Crippen LogP) is 4.36. The fourth-order valence-electron chi connectivity index (χ4n) is 2.48. The van der Waals surface area contributed by atoms with Crippen molar-refractivity contribution in [3.05, 3.63) is 40.7 Å². The van der Waals surface area contributed by atoms with E-state index in [2.05, 4.69) is 58.9 Å². The first kappa shape index (κ1) is 12.9. The minimum absolute atomic E-state index is 0.408. The molecule has 0 saturated heterocycles. The minimum atomic E-state index is 0.408. The lowest BCUT2D eigenvalue weighted by Crippen LogP contribution is -2.00. The largest absolute Gasteiger partial charge is 0.270 e. The van der Waals surface area contributed by atoms with Crippen molar-refractivity contribution in [2.45, 2.75) is 47.6 Å². The molecule has 1 aromatic carbocycles. The topological polar surface area (TPSA) is 17.8 Å². The van der Waals surface area contributed by atoms with Gasteiger partial charge in [0.15, 0.2) is 0 Å². The molecular formula is C16H22N2. The number of hydrogen-bond donors (Lipinski definition) is 0. The maximum atomic E-state index is 4.44. The van der Waals surface area contributed by atoms with E-state index in [1.165, 1.54) is 33.4 Å². The van der Waals surface area contributed by atoms with Crippen LogP contribution in [0.1, 0.15) is 42.1 Å². The Morgan fingerprint density at radius 3 is 2.22 bits per heavy atom. The standard InChI is InChI=1S/C16H22N2/c1-10(2)18-9-15(8-17-18)16-12(4)7-11(3)13(5)14(16)6/h7-10H,1-6H3. The quantitative estimate of drug-likeness (QED) is 0.765. The second-order valence-corrected chi connectivity index (χ2v) is 5.44. The molecule has 2 rings (SSSR count). The van der Waals surface area contributed by atoms with Gasteiger partial charge in [0, 0.05) is 17.8 Å². The highest BCUT2D eigenvalue weighted by Gasteiger charge is 2.12. The van der Waals surface area contributed by atoms with Crippen LogP contribution >= 0.6 is 0 Å². The van der Waals surface area contributed by atoms with Gasteiger partial charge in [0.25, 0.3) is 0 Å². The molecule has 2 nitrogen and oxygen atoms in total. The van der Waals surface area contributed by atoms with Gasteiger partial charge in [-0.3, -0.25) is 4.68 Å². The first-order chi connectivity index (χ1) is 8.41. The van der Waals surface area contributed by atoms with Crippen molar-refractivity contribution < 1.29 is 0 Å². The molecule has 0 aliphatic rings. The predicted molar refractivity (Wildman–Crippen MR) is 77.0 cm³/mol. The maximum absolute atomic E-state index is 4.44. The van der Waals surface area contributed by atoms with Crippen LogP contribution in [0.5, 0.6) is 0 Å². The SMILES string of the molecule is Cc1cc(C)c(-c2cnn(C(C)C)c2)c(C)c1C. The van der Waals surface area contributed by atoms with Crippen LogP contribution in [0.15, 0.2) is 18.5 Å². The van der Waals surface area contributed by atoms with Crippen molar-refractivity contribution >= 4 is 0 Å². The molecule has 0 unspecified atom stereocenters. The maximum Gasteiger partial charge on any atom is 0.0568 e. The first-order valence-electron chi connectivity index (χ1n) is 6.53. The van der Waals surface area contributed by atoms with Gasteiger partial charge in [-0.15, -0.1) is 0 Å². The molecule has 0 atom stereocenters. The third kappa shape index (κ3) is 2.07. The van der Waals surface area contributed by atoms with Crippen molar-refractivity contribution in [2.75, 3.05) is 0 Å². The monoisotopic (exact) mass is 242 g/mol. The number of aromatic nitrogens is 2. The summed E-state index contributed by atoms with van der Waals surface area (Å²) in [6.07, 6.45) is 4.12. The zero-order valence-electron chi connectivity index (χ0n) is 12.2. The van der Waals surface area contributed by atoms with Crippen molar-refractivity contribution in [2.24, 2.45) is 0 Å². The summed E-state index contributed by atoms with van der Waals surface area (Å²) in [7, 11) is 0. The Kier molecular flexibility index (Phi) is 3.29. The second kappa shape index (κ2) is 4.60. The van der Waals surface area contributed by atoms with Crippen molar-refractivity contribution in [3.63, 3.8) is 0 Å². The lowest BCUT2D eigenvalue weighted by Gasteiger charge is -2.13. The molecule has 1 aromatic heterocycles. The van der Waals surface area contributed by atoms with Crippen LogP contribution in [-0.2, 0) is 0 Å². The van der Waals surface area contributed by atoms with E-state index >= 15 is 0 Å². The Morgan fingerprint density at radius 1 is 1.00 bits per heavy atom. The summed E-state index contributed by atoms with van der Waals surface area (Å²) < 4.78 is 2.02. The third-order valence-corrected chi connectivity index (χ3v) is 3.78. The molecule has 0 aliphatic heterocycles. The number of rotatable bonds is 2. The Bertz CT molecular complexity index is 577. The molecule has 0 radical (unpaired) electrons. The van der Waals surface area contributed by atoms with Gasteiger partial charge < -0.3 is 0 Å². The normalized spacial score (nSPS) is 11.3. The van der Waals surface area contributed by atoms with Gasteiger partial charge in [-0.25, -0.2) is 0 Å². The molecule has 96 valence electrons. The van der Waals surface area contributed by atoms with Crippen LogP contribution in [0.2, 0.25) is 0 Å². The second-order valence-electron chi connectivity index (χ2n) is 5.44. The van der Waals surface area contributed by atoms with E-state index < -0.39 is 0 Å². The summed E-state index contributed by atoms with van der Waals surface area (Å²) in [5.74, 6) is 0. The van der Waals surface area contributed by atoms with Gasteiger partial charge in [0.05, 0.1) is 6.20 Å². The van der Waals surface area contributed by atoms with Gasteiger partial charge >= 0.3 is 0 Å². The average Bonchev–Trinajstić information content (AvgIpc) is 2.75. The molecule has 0 N–H and O–H groups in total. The van der Waals surface area contributed by atoms with Crippen LogP contribution in [-0.4, -0.2) is 9.78 Å². The Balaban J connectivity index is 2.60. The van der Waals surface area contributed by atoms with Gasteiger partial charge in [-0.1, -0.05) is 6.07 Å². The lowest BCUT2D eigenvalue weighted by molar-refractivity contribution is 0.532. The van der Waals surface area contributed by atoms with Crippen LogP contribution in [0.3, 0.4) is 0 Å². The van der Waals surface area contributed by atoms with Crippen molar-refractivity contribution in [3.8, 4) is 11.1 Å². The highest BCUT2D eigenvalue weighted by Crippen LogP contribution is 2.31. The zero-order valence-corrected chi connectivity index (χ0v) is 12.2. The molecule has 0 saturated carbocycles. The van der Waals surface area contributed by atoms with Crippen molar-refractivity contribution in [1.82, 2.24) is 9.78 Å². The molecule has 1 heterocycles. The smallest absolute Gasteiger partial charge is 0.0568 e. The molecule has 0 aliphatic carbocycles. The summed E-state index contributed by atoms with van der Waals surface area (Å²) in [6, 6.07) is 2.68. The number of nitrogens with zero attached hydrogens (tertiary/aromatic N) is 2. The zero-order chi connectivity index (χ0) is 13.4. The van der Waals surface area contributed by atoms with Crippen LogP contribution in [0.4, 0.5) is 0 Å². The van der Waals surface area contributed by atoms with Crippen LogP contribution in [0, 0.1) is 27.7 Å². The molecule has 0 bridgehead atoms. The molecule has 0 spiro atoms. The summed E-state index contributed by atoms with van der Waals surface area (Å²) in [6.45, 7) is 13.1. The summed E-state index contributed by atoms with van der Waals surface area (Å²) in [5, 5.41) is 4.44. The average molecular weight is 242 g/mol. The van der Waals surface area contributed by atoms with E-state index in [9.17, 15) is 0 Å². The van der Waals surface area contributed by atoms with E-state index in [1.54, 1.807) is 0 Å². The van der Waals surface area contributed by atoms with E-state index in [-0.39, 0.29) is 0 Å². The molecule has 2 heteroatoms. The van der Waals surface area contributed by atoms with Gasteiger partial charge in [-0.05, 0) is 69.4 Å². The Hall–Kier alpha value is -1.57. The highest BCUT2D eigenvalue weighted by atomic mass is 15.3. The van der Waals surface area contributed by atoms with E-state index in [1.807, 2.05) is 10.9 Å². The van der Waals surface area contributed by atoms with E-state index in [0.29, 0.717) is 6.04 Å². The lowest BCUT2D eigenvalue weighted by atomic mass is 9.91. The Labute approximate surface area is 110 Å². The Morgan fingerprint density at radius 2 is 1.67 bits per heavy atom. The minimum Gasteiger partial charge on any atom is -0.270 e. The fraction of sp³-hybridized carbons (Fsp3) is 0.438. The number of aryl methyl sites for hydroxylation is 2. The third-order valence-electron chi connectivity index (χ3n) is 3.78. The molecule has 0 amide bonds. The van der Waals surface area contributed by atoms with Gasteiger partial charge in [0.1, 0.15) is 0 Å². The molecule has 2 aromatic rings. The molecule has 18 heavy (non-hydrogen) atoms. The van der Waals surface area contributed by atoms with Crippen LogP contribution < -0.4 is 0 Å². The summed E-state index contributed by atoms with van der Waals surface area (Å²) >= 11 is 0. The van der Waals surface area contributed by atoms with Gasteiger partial charge in [0.2, 0.25) is 0 Å². The fourth-order valence-corrected chi connectivity index (χ4v) is 2.48. The van der Waals surface area contributed by atoms with Gasteiger partial charge in [-0.2, -0.15) is 5.10 Å². The van der Waals surface area contributed by atoms with E-state index in [0.717, 1.165) is 0 Å². The highest BCUT2D eigenvalue weighted by molar-refractivity contribution is 5.71. The number of hydrogen-bond acceptors (Lipinski definition) is 1. The first-order valence-corrected chi connectivity index (χ1v) is 6.53. The number of benzene rings is 1. The summed E-state index contributed by atoms with van der Waals surface area (Å²) in [5.41, 5.74) is 8.01. The summed E-state index contributed by atoms with van der Waals surface area (Å²) in [4.78, 5) is 0. The van der Waals surface area contributed by atoms with Crippen molar-refractivity contribution in [1.29, 1.82) is 0 Å². The molecular weight excluding hydrogens is 220 g/mol.